The van der Waals surface area contributed by atoms with Crippen LogP contribution < -0.4 is 5.19 Å². The molecule has 0 amide bonds. The summed E-state index contributed by atoms with van der Waals surface area (Å²) in [4.78, 5) is 22.1. The van der Waals surface area contributed by atoms with E-state index in [1.807, 2.05) is 23.5 Å². The zero-order valence-corrected chi connectivity index (χ0v) is 14.1. The summed E-state index contributed by atoms with van der Waals surface area (Å²) >= 11 is 0. The number of benzene rings is 1. The van der Waals surface area contributed by atoms with E-state index in [1.165, 1.54) is 6.42 Å². The molecular weight excluding hydrogens is 292 g/mol. The van der Waals surface area contributed by atoms with Gasteiger partial charge in [-0.1, -0.05) is 54.5 Å². The fraction of sp³-hybridized carbons (Fsp3) is 0.333. The second-order valence-corrected chi connectivity index (χ2v) is 9.78. The number of rotatable bonds is 6. The Kier molecular flexibility index (Phi) is 5.74. The molecule has 1 fully saturated rings. The van der Waals surface area contributed by atoms with Gasteiger partial charge in [-0.25, -0.2) is 4.79 Å². The van der Waals surface area contributed by atoms with Crippen LogP contribution in [-0.4, -0.2) is 14.0 Å². The maximum Gasteiger partial charge on any atom is 0.373 e. The van der Waals surface area contributed by atoms with Gasteiger partial charge in [0.2, 0.25) is 0 Å². The molecule has 4 heteroatoms. The van der Waals surface area contributed by atoms with Crippen LogP contribution in [0, 0.1) is 6.10 Å². The van der Waals surface area contributed by atoms with Crippen molar-refractivity contribution in [2.24, 2.45) is 0 Å². The van der Waals surface area contributed by atoms with Crippen molar-refractivity contribution in [3.05, 3.63) is 60.5 Å². The maximum absolute atomic E-state index is 12.0. The van der Waals surface area contributed by atoms with Gasteiger partial charge >= 0.3 is 5.97 Å². The molecule has 1 aromatic rings. The summed E-state index contributed by atoms with van der Waals surface area (Å²) in [6.07, 6.45) is 6.07. The van der Waals surface area contributed by atoms with Crippen molar-refractivity contribution in [2.75, 3.05) is 0 Å². The van der Waals surface area contributed by atoms with Gasteiger partial charge in [-0.2, -0.15) is 4.89 Å². The van der Waals surface area contributed by atoms with Crippen molar-refractivity contribution >= 4 is 19.2 Å². The van der Waals surface area contributed by atoms with Crippen molar-refractivity contribution in [1.29, 1.82) is 0 Å². The molecule has 0 bridgehead atoms. The summed E-state index contributed by atoms with van der Waals surface area (Å²) in [6, 6.07) is 7.43. The van der Waals surface area contributed by atoms with Crippen LogP contribution >= 0.6 is 0 Å². The second-order valence-electron chi connectivity index (χ2n) is 5.82. The minimum absolute atomic E-state index is 0.454. The molecule has 0 heterocycles. The topological polar surface area (TPSA) is 35.5 Å². The molecule has 1 radical (unpaired) electrons. The van der Waals surface area contributed by atoms with Gasteiger partial charge in [-0.15, -0.1) is 13.2 Å². The molecule has 0 aliphatic heterocycles. The van der Waals surface area contributed by atoms with E-state index in [0.717, 1.165) is 37.0 Å². The highest BCUT2D eigenvalue weighted by Gasteiger charge is 2.23. The Hall–Kier alpha value is -1.65. The lowest BCUT2D eigenvalue weighted by molar-refractivity contribution is -0.239. The Balaban J connectivity index is 1.96. The number of carbonyl (C=O) groups excluding carboxylic acids is 1. The van der Waals surface area contributed by atoms with Crippen molar-refractivity contribution in [3.63, 3.8) is 0 Å². The summed E-state index contributed by atoms with van der Waals surface area (Å²) < 4.78 is 0. The first-order valence-corrected chi connectivity index (χ1v) is 10.4. The van der Waals surface area contributed by atoms with Crippen LogP contribution in [0.1, 0.15) is 42.5 Å². The largest absolute Gasteiger partial charge is 0.373 e. The lowest BCUT2D eigenvalue weighted by Gasteiger charge is -2.20. The molecule has 117 valence electrons. The Bertz CT molecular complexity index is 522. The Morgan fingerprint density at radius 2 is 1.68 bits per heavy atom. The molecule has 0 atom stereocenters. The normalized spacial score (nSPS) is 16.0. The van der Waals surface area contributed by atoms with Crippen molar-refractivity contribution in [2.45, 2.75) is 38.7 Å². The third-order valence-electron chi connectivity index (χ3n) is 4.24. The van der Waals surface area contributed by atoms with E-state index in [1.54, 1.807) is 12.1 Å². The summed E-state index contributed by atoms with van der Waals surface area (Å²) in [5.41, 5.74) is 4.43. The average molecular weight is 315 g/mol. The van der Waals surface area contributed by atoms with E-state index in [9.17, 15) is 4.79 Å². The summed E-state index contributed by atoms with van der Waals surface area (Å²) in [7, 11) is -1.84. The number of hydrogen-bond acceptors (Lipinski definition) is 3. The Morgan fingerprint density at radius 3 is 2.23 bits per heavy atom. The molecule has 1 aliphatic rings. The highest BCUT2D eigenvalue weighted by Crippen LogP contribution is 2.26. The van der Waals surface area contributed by atoms with Gasteiger partial charge in [0.15, 0.2) is 0 Å². The third-order valence-corrected chi connectivity index (χ3v) is 7.51. The highest BCUT2D eigenvalue weighted by atomic mass is 28.3. The first-order chi connectivity index (χ1) is 10.6. The average Bonchev–Trinajstić information content (AvgIpc) is 2.60. The minimum Gasteiger partial charge on any atom is -0.292 e. The van der Waals surface area contributed by atoms with Crippen LogP contribution in [0.3, 0.4) is 0 Å². The van der Waals surface area contributed by atoms with Crippen LogP contribution in [0.15, 0.2) is 48.8 Å². The highest BCUT2D eigenvalue weighted by molar-refractivity contribution is 6.98. The van der Waals surface area contributed by atoms with Gasteiger partial charge in [0.05, 0.1) is 5.56 Å². The maximum atomic E-state index is 12.0. The zero-order chi connectivity index (χ0) is 16.0. The monoisotopic (exact) mass is 315 g/mol. The zero-order valence-electron chi connectivity index (χ0n) is 13.1. The lowest BCUT2D eigenvalue weighted by Crippen LogP contribution is -2.40. The molecule has 1 aliphatic carbocycles. The molecule has 1 saturated carbocycles. The van der Waals surface area contributed by atoms with E-state index in [4.69, 9.17) is 9.78 Å². The van der Waals surface area contributed by atoms with E-state index in [-0.39, 0.29) is 0 Å². The minimum atomic E-state index is -1.84. The summed E-state index contributed by atoms with van der Waals surface area (Å²) in [5, 5.41) is 1.16. The number of carbonyl (C=O) groups is 1. The molecule has 0 unspecified atom stereocenters. The van der Waals surface area contributed by atoms with Crippen LogP contribution in [-0.2, 0) is 9.78 Å². The lowest BCUT2D eigenvalue weighted by atomic mass is 9.98. The predicted molar refractivity (Wildman–Crippen MR) is 90.9 cm³/mol. The Labute approximate surface area is 133 Å². The molecule has 0 N–H and O–H groups in total. The first-order valence-electron chi connectivity index (χ1n) is 7.70. The third kappa shape index (κ3) is 3.96. The van der Waals surface area contributed by atoms with E-state index in [0.29, 0.717) is 5.56 Å². The van der Waals surface area contributed by atoms with Gasteiger partial charge in [0.1, 0.15) is 14.2 Å². The molecule has 22 heavy (non-hydrogen) atoms. The molecule has 3 nitrogen and oxygen atoms in total. The summed E-state index contributed by atoms with van der Waals surface area (Å²) in [5.74, 6) is -0.454. The van der Waals surface area contributed by atoms with Gasteiger partial charge in [0.25, 0.3) is 0 Å². The van der Waals surface area contributed by atoms with Crippen LogP contribution in [0.2, 0.25) is 6.55 Å². The predicted octanol–water partition coefficient (Wildman–Crippen LogP) is 4.01. The molecule has 2 rings (SSSR count). The molecule has 1 aromatic carbocycles. The Morgan fingerprint density at radius 1 is 1.09 bits per heavy atom. The summed E-state index contributed by atoms with van der Waals surface area (Å²) in [6.45, 7) is 9.95. The quantitative estimate of drug-likeness (QED) is 0.452. The SMILES string of the molecule is C=C[Si](C)(C=C)c1ccc(C(=O)OO[C]2CCCCC2)cc1. The van der Waals surface area contributed by atoms with Crippen LogP contribution in [0.5, 0.6) is 0 Å². The fourth-order valence-electron chi connectivity index (χ4n) is 2.46. The standard InChI is InChI=1S/C18H23O3Si/c1-4-22(3,5-2)17-13-11-15(12-14-17)18(19)21-20-16-9-7-6-8-10-16/h4-5,11-14H,1-2,6-10H2,3H3. The molecule has 0 aromatic heterocycles. The van der Waals surface area contributed by atoms with E-state index < -0.39 is 14.0 Å². The second kappa shape index (κ2) is 7.56. The van der Waals surface area contributed by atoms with Crippen LogP contribution in [0.25, 0.3) is 0 Å². The van der Waals surface area contributed by atoms with E-state index in [2.05, 4.69) is 19.7 Å². The van der Waals surface area contributed by atoms with Gasteiger partial charge < -0.3 is 0 Å². The molecular formula is C18H23O3Si. The first kappa shape index (κ1) is 16.7. The van der Waals surface area contributed by atoms with Crippen molar-refractivity contribution in [3.8, 4) is 0 Å². The fourth-order valence-corrected chi connectivity index (χ4v) is 3.98. The van der Waals surface area contributed by atoms with Gasteiger partial charge in [-0.05, 0) is 25.0 Å². The van der Waals surface area contributed by atoms with E-state index >= 15 is 0 Å². The van der Waals surface area contributed by atoms with Crippen LogP contribution in [0.4, 0.5) is 0 Å². The van der Waals surface area contributed by atoms with Crippen molar-refractivity contribution in [1.82, 2.24) is 0 Å². The van der Waals surface area contributed by atoms with Gasteiger partial charge in [0, 0.05) is 0 Å². The van der Waals surface area contributed by atoms with Gasteiger partial charge in [-0.3, -0.25) is 4.89 Å². The van der Waals surface area contributed by atoms with Crippen molar-refractivity contribution < 1.29 is 14.6 Å². The molecule has 0 spiro atoms. The molecule has 0 saturated heterocycles. The number of hydrogen-bond donors (Lipinski definition) is 0. The smallest absolute Gasteiger partial charge is 0.292 e.